The van der Waals surface area contributed by atoms with Crippen LogP contribution in [0.3, 0.4) is 0 Å². The summed E-state index contributed by atoms with van der Waals surface area (Å²) >= 11 is 0. The molecule has 0 fully saturated rings. The molecule has 1 N–H and O–H groups in total. The van der Waals surface area contributed by atoms with Gasteiger partial charge in [0.05, 0.1) is 16.8 Å². The molecule has 0 unspecified atom stereocenters. The number of rotatable bonds is 6. The molecular formula is C22H22N2O3. The topological polar surface area (TPSA) is 68.3 Å². The molecule has 27 heavy (non-hydrogen) atoms. The highest BCUT2D eigenvalue weighted by atomic mass is 16.5. The fraction of sp³-hybridized carbons (Fsp3) is 0.227. The number of fused-ring (bicyclic) bond motifs is 1. The highest BCUT2D eigenvalue weighted by molar-refractivity contribution is 6.05. The summed E-state index contributed by atoms with van der Waals surface area (Å²) in [5.41, 5.74) is 2.70. The second kappa shape index (κ2) is 8.45. The van der Waals surface area contributed by atoms with Crippen molar-refractivity contribution in [2.24, 2.45) is 0 Å². The molecular weight excluding hydrogens is 340 g/mol. The molecule has 0 aliphatic carbocycles. The Bertz CT molecular complexity index is 954. The first-order valence-corrected chi connectivity index (χ1v) is 9.00. The van der Waals surface area contributed by atoms with Gasteiger partial charge in [0, 0.05) is 17.0 Å². The quantitative estimate of drug-likeness (QED) is 0.674. The maximum absolute atomic E-state index is 12.7. The SMILES string of the molecule is CC[C@@H](C)NC(=O)COC(=O)c1cc(-c2ccccc2)nc2ccccc12. The van der Waals surface area contributed by atoms with Crippen molar-refractivity contribution in [1.82, 2.24) is 10.3 Å². The van der Waals surface area contributed by atoms with Crippen molar-refractivity contribution in [3.05, 3.63) is 66.2 Å². The Morgan fingerprint density at radius 1 is 1.07 bits per heavy atom. The molecule has 0 saturated heterocycles. The lowest BCUT2D eigenvalue weighted by molar-refractivity contribution is -0.124. The third-order valence-corrected chi connectivity index (χ3v) is 4.36. The van der Waals surface area contributed by atoms with Crippen LogP contribution in [0.2, 0.25) is 0 Å². The lowest BCUT2D eigenvalue weighted by Crippen LogP contribution is -2.35. The lowest BCUT2D eigenvalue weighted by Gasteiger charge is -2.12. The number of aromatic nitrogens is 1. The first-order valence-electron chi connectivity index (χ1n) is 9.00. The molecule has 0 aliphatic heterocycles. The average molecular weight is 362 g/mol. The molecule has 1 heterocycles. The third kappa shape index (κ3) is 4.50. The summed E-state index contributed by atoms with van der Waals surface area (Å²) in [4.78, 5) is 29.2. The van der Waals surface area contributed by atoms with Gasteiger partial charge in [-0.15, -0.1) is 0 Å². The Hall–Kier alpha value is -3.21. The van der Waals surface area contributed by atoms with Gasteiger partial charge in [-0.2, -0.15) is 0 Å². The molecule has 5 nitrogen and oxygen atoms in total. The number of amides is 1. The minimum absolute atomic E-state index is 0.0441. The van der Waals surface area contributed by atoms with Crippen LogP contribution < -0.4 is 5.32 Å². The van der Waals surface area contributed by atoms with E-state index in [0.717, 1.165) is 12.0 Å². The van der Waals surface area contributed by atoms with Gasteiger partial charge in [-0.25, -0.2) is 9.78 Å². The van der Waals surface area contributed by atoms with Gasteiger partial charge in [0.1, 0.15) is 0 Å². The fourth-order valence-electron chi connectivity index (χ4n) is 2.73. The van der Waals surface area contributed by atoms with Gasteiger partial charge in [0.2, 0.25) is 0 Å². The zero-order chi connectivity index (χ0) is 19.2. The van der Waals surface area contributed by atoms with Crippen LogP contribution in [-0.2, 0) is 9.53 Å². The van der Waals surface area contributed by atoms with Gasteiger partial charge >= 0.3 is 5.97 Å². The fourth-order valence-corrected chi connectivity index (χ4v) is 2.73. The third-order valence-electron chi connectivity index (χ3n) is 4.36. The molecule has 2 aromatic carbocycles. The molecule has 3 aromatic rings. The molecule has 1 amide bonds. The van der Waals surface area contributed by atoms with Gasteiger partial charge in [0.15, 0.2) is 6.61 Å². The van der Waals surface area contributed by atoms with E-state index in [1.54, 1.807) is 6.07 Å². The summed E-state index contributed by atoms with van der Waals surface area (Å²) in [5.74, 6) is -0.843. The number of para-hydroxylation sites is 1. The number of hydrogen-bond acceptors (Lipinski definition) is 4. The Morgan fingerprint density at radius 2 is 1.78 bits per heavy atom. The number of esters is 1. The largest absolute Gasteiger partial charge is 0.452 e. The summed E-state index contributed by atoms with van der Waals surface area (Å²) in [6, 6.07) is 18.8. The summed E-state index contributed by atoms with van der Waals surface area (Å²) in [6.45, 7) is 3.58. The molecule has 3 rings (SSSR count). The zero-order valence-electron chi connectivity index (χ0n) is 15.4. The van der Waals surface area contributed by atoms with Crippen LogP contribution in [0.5, 0.6) is 0 Å². The average Bonchev–Trinajstić information content (AvgIpc) is 2.71. The maximum Gasteiger partial charge on any atom is 0.339 e. The van der Waals surface area contributed by atoms with Crippen LogP contribution in [0.4, 0.5) is 0 Å². The lowest BCUT2D eigenvalue weighted by atomic mass is 10.0. The number of hydrogen-bond donors (Lipinski definition) is 1. The van der Waals surface area contributed by atoms with Crippen LogP contribution in [0, 0.1) is 0 Å². The second-order valence-corrected chi connectivity index (χ2v) is 6.39. The van der Waals surface area contributed by atoms with Crippen molar-refractivity contribution in [2.75, 3.05) is 6.61 Å². The highest BCUT2D eigenvalue weighted by Gasteiger charge is 2.17. The van der Waals surface area contributed by atoms with Crippen molar-refractivity contribution in [3.63, 3.8) is 0 Å². The number of ether oxygens (including phenoxy) is 1. The molecule has 5 heteroatoms. The molecule has 0 radical (unpaired) electrons. The van der Waals surface area contributed by atoms with Crippen LogP contribution in [0.25, 0.3) is 22.2 Å². The Labute approximate surface area is 158 Å². The first-order chi connectivity index (χ1) is 13.1. The number of carbonyl (C=O) groups excluding carboxylic acids is 2. The number of nitrogens with one attached hydrogen (secondary N) is 1. The molecule has 0 saturated carbocycles. The van der Waals surface area contributed by atoms with E-state index < -0.39 is 5.97 Å². The van der Waals surface area contributed by atoms with E-state index in [0.29, 0.717) is 22.2 Å². The predicted octanol–water partition coefficient (Wildman–Crippen LogP) is 3.97. The smallest absolute Gasteiger partial charge is 0.339 e. The van der Waals surface area contributed by atoms with Gasteiger partial charge in [0.25, 0.3) is 5.91 Å². The maximum atomic E-state index is 12.7. The van der Waals surface area contributed by atoms with E-state index >= 15 is 0 Å². The number of pyridine rings is 1. The van der Waals surface area contributed by atoms with Crippen molar-refractivity contribution in [2.45, 2.75) is 26.3 Å². The van der Waals surface area contributed by atoms with E-state index in [2.05, 4.69) is 10.3 Å². The van der Waals surface area contributed by atoms with Crippen molar-refractivity contribution in [3.8, 4) is 11.3 Å². The molecule has 0 bridgehead atoms. The molecule has 1 atom stereocenters. The molecule has 138 valence electrons. The minimum atomic E-state index is -0.537. The van der Waals surface area contributed by atoms with Crippen molar-refractivity contribution >= 4 is 22.8 Å². The standard InChI is InChI=1S/C22H22N2O3/c1-3-15(2)23-21(25)14-27-22(26)18-13-20(16-9-5-4-6-10-16)24-19-12-8-7-11-17(18)19/h4-13,15H,3,14H2,1-2H3,(H,23,25)/t15-/m1/s1. The molecule has 1 aromatic heterocycles. The first kappa shape index (κ1) is 18.6. The normalized spacial score (nSPS) is 11.8. The second-order valence-electron chi connectivity index (χ2n) is 6.39. The Balaban J connectivity index is 1.88. The van der Waals surface area contributed by atoms with E-state index in [1.807, 2.05) is 68.4 Å². The van der Waals surface area contributed by atoms with Gasteiger partial charge < -0.3 is 10.1 Å². The number of benzene rings is 2. The van der Waals surface area contributed by atoms with Crippen LogP contribution in [-0.4, -0.2) is 29.5 Å². The van der Waals surface area contributed by atoms with E-state index in [9.17, 15) is 9.59 Å². The predicted molar refractivity (Wildman–Crippen MR) is 105 cm³/mol. The Morgan fingerprint density at radius 3 is 2.52 bits per heavy atom. The summed E-state index contributed by atoms with van der Waals surface area (Å²) in [7, 11) is 0. The van der Waals surface area contributed by atoms with Crippen LogP contribution in [0.15, 0.2) is 60.7 Å². The zero-order valence-corrected chi connectivity index (χ0v) is 15.4. The highest BCUT2D eigenvalue weighted by Crippen LogP contribution is 2.25. The minimum Gasteiger partial charge on any atom is -0.452 e. The van der Waals surface area contributed by atoms with E-state index in [-0.39, 0.29) is 18.6 Å². The number of nitrogens with zero attached hydrogens (tertiary/aromatic N) is 1. The Kier molecular flexibility index (Phi) is 5.81. The van der Waals surface area contributed by atoms with Crippen molar-refractivity contribution < 1.29 is 14.3 Å². The van der Waals surface area contributed by atoms with E-state index in [4.69, 9.17) is 4.74 Å². The molecule has 0 aliphatic rings. The monoisotopic (exact) mass is 362 g/mol. The van der Waals surface area contributed by atoms with Gasteiger partial charge in [-0.05, 0) is 25.5 Å². The van der Waals surface area contributed by atoms with Crippen LogP contribution in [0.1, 0.15) is 30.6 Å². The van der Waals surface area contributed by atoms with Gasteiger partial charge in [-0.1, -0.05) is 55.5 Å². The van der Waals surface area contributed by atoms with Crippen molar-refractivity contribution in [1.29, 1.82) is 0 Å². The molecule has 0 spiro atoms. The summed E-state index contributed by atoms with van der Waals surface area (Å²) in [6.07, 6.45) is 0.815. The summed E-state index contributed by atoms with van der Waals surface area (Å²) < 4.78 is 5.26. The van der Waals surface area contributed by atoms with Crippen LogP contribution >= 0.6 is 0 Å². The summed E-state index contributed by atoms with van der Waals surface area (Å²) in [5, 5.41) is 3.48. The number of carbonyl (C=O) groups is 2. The van der Waals surface area contributed by atoms with E-state index in [1.165, 1.54) is 0 Å². The van der Waals surface area contributed by atoms with Gasteiger partial charge in [-0.3, -0.25) is 4.79 Å².